The standard InChI is InChI=1S/C26H34F2N2O2/c1-3-5-24-29-14-20(15-30-24)19-10-12-22(32-16-19)18-8-6-17(7-9-18)21-11-13-23(31-4-2)26(28)25(21)27/h11,13-15,17-19,22H,3-10,12,16H2,1-2H3. The van der Waals surface area contributed by atoms with Crippen LogP contribution in [0.3, 0.4) is 0 Å². The van der Waals surface area contributed by atoms with Crippen LogP contribution in [-0.4, -0.2) is 29.3 Å². The molecule has 2 atom stereocenters. The first kappa shape index (κ1) is 23.1. The van der Waals surface area contributed by atoms with Crippen molar-refractivity contribution in [2.45, 2.75) is 83.2 Å². The number of hydrogen-bond donors (Lipinski definition) is 0. The van der Waals surface area contributed by atoms with Crippen LogP contribution in [0.4, 0.5) is 8.78 Å². The molecule has 0 amide bonds. The van der Waals surface area contributed by atoms with Gasteiger partial charge in [0.2, 0.25) is 5.82 Å². The summed E-state index contributed by atoms with van der Waals surface area (Å²) in [7, 11) is 0. The Hall–Kier alpha value is -2.08. The molecule has 174 valence electrons. The van der Waals surface area contributed by atoms with E-state index in [0.29, 0.717) is 30.6 Å². The fourth-order valence-corrected chi connectivity index (χ4v) is 5.27. The van der Waals surface area contributed by atoms with Crippen LogP contribution in [0.5, 0.6) is 5.75 Å². The van der Waals surface area contributed by atoms with E-state index in [4.69, 9.17) is 9.47 Å². The lowest BCUT2D eigenvalue weighted by Crippen LogP contribution is -2.33. The zero-order valence-electron chi connectivity index (χ0n) is 19.2. The van der Waals surface area contributed by atoms with Crippen molar-refractivity contribution in [2.24, 2.45) is 5.92 Å². The molecular formula is C26H34F2N2O2. The molecule has 32 heavy (non-hydrogen) atoms. The number of aryl methyl sites for hydroxylation is 1. The summed E-state index contributed by atoms with van der Waals surface area (Å²) in [6.07, 6.45) is 12.0. The summed E-state index contributed by atoms with van der Waals surface area (Å²) >= 11 is 0. The van der Waals surface area contributed by atoms with Crippen LogP contribution < -0.4 is 4.74 Å². The predicted molar refractivity (Wildman–Crippen MR) is 120 cm³/mol. The van der Waals surface area contributed by atoms with Gasteiger partial charge in [0, 0.05) is 24.7 Å². The Morgan fingerprint density at radius 1 is 0.938 bits per heavy atom. The Bertz CT molecular complexity index is 874. The minimum atomic E-state index is -0.861. The van der Waals surface area contributed by atoms with Crippen molar-refractivity contribution in [3.8, 4) is 5.75 Å². The third kappa shape index (κ3) is 5.11. The van der Waals surface area contributed by atoms with Crippen LogP contribution in [-0.2, 0) is 11.2 Å². The quantitative estimate of drug-likeness (QED) is 0.500. The van der Waals surface area contributed by atoms with Crippen molar-refractivity contribution in [1.29, 1.82) is 0 Å². The van der Waals surface area contributed by atoms with E-state index in [1.165, 1.54) is 5.56 Å². The molecule has 1 saturated carbocycles. The highest BCUT2D eigenvalue weighted by molar-refractivity contribution is 5.33. The molecule has 6 heteroatoms. The SMILES string of the molecule is CCCc1ncc(C2CCC(C3CCC(c4ccc(OCC)c(F)c4F)CC3)OC2)cn1. The molecule has 0 bridgehead atoms. The van der Waals surface area contributed by atoms with Crippen LogP contribution in [0.15, 0.2) is 24.5 Å². The Balaban J connectivity index is 1.29. The third-order valence-electron chi connectivity index (χ3n) is 7.10. The second-order valence-corrected chi connectivity index (χ2v) is 9.15. The number of halogens is 2. The second-order valence-electron chi connectivity index (χ2n) is 9.15. The van der Waals surface area contributed by atoms with Gasteiger partial charge in [0.05, 0.1) is 19.3 Å². The van der Waals surface area contributed by atoms with Gasteiger partial charge in [0.1, 0.15) is 5.82 Å². The first-order valence-corrected chi connectivity index (χ1v) is 12.1. The van der Waals surface area contributed by atoms with Crippen LogP contribution in [0.2, 0.25) is 0 Å². The average molecular weight is 445 g/mol. The van der Waals surface area contributed by atoms with E-state index in [0.717, 1.165) is 57.2 Å². The normalized spacial score (nSPS) is 26.1. The lowest BCUT2D eigenvalue weighted by molar-refractivity contribution is -0.0412. The van der Waals surface area contributed by atoms with Crippen molar-refractivity contribution in [1.82, 2.24) is 9.97 Å². The van der Waals surface area contributed by atoms with Gasteiger partial charge < -0.3 is 9.47 Å². The molecule has 2 fully saturated rings. The van der Waals surface area contributed by atoms with E-state index in [9.17, 15) is 8.78 Å². The lowest BCUT2D eigenvalue weighted by atomic mass is 9.74. The molecule has 4 nitrogen and oxygen atoms in total. The summed E-state index contributed by atoms with van der Waals surface area (Å²) in [4.78, 5) is 8.97. The molecule has 0 radical (unpaired) electrons. The maximum absolute atomic E-state index is 14.6. The summed E-state index contributed by atoms with van der Waals surface area (Å²) < 4.78 is 40.3. The van der Waals surface area contributed by atoms with Gasteiger partial charge in [-0.1, -0.05) is 13.0 Å². The average Bonchev–Trinajstić information content (AvgIpc) is 2.83. The molecule has 1 aliphatic carbocycles. The maximum atomic E-state index is 14.6. The highest BCUT2D eigenvalue weighted by Crippen LogP contribution is 2.42. The molecule has 2 aliphatic rings. The fraction of sp³-hybridized carbons (Fsp3) is 0.615. The first-order valence-electron chi connectivity index (χ1n) is 12.1. The molecule has 1 aliphatic heterocycles. The molecule has 1 aromatic carbocycles. The van der Waals surface area contributed by atoms with Crippen molar-refractivity contribution < 1.29 is 18.3 Å². The van der Waals surface area contributed by atoms with Gasteiger partial charge in [0.15, 0.2) is 11.6 Å². The summed E-state index contributed by atoms with van der Waals surface area (Å²) in [6.45, 7) is 4.92. The van der Waals surface area contributed by atoms with Crippen LogP contribution >= 0.6 is 0 Å². The summed E-state index contributed by atoms with van der Waals surface area (Å²) in [5.74, 6) is 0.212. The maximum Gasteiger partial charge on any atom is 0.200 e. The third-order valence-corrected chi connectivity index (χ3v) is 7.10. The molecule has 0 spiro atoms. The number of nitrogens with zero attached hydrogens (tertiary/aromatic N) is 2. The fourth-order valence-electron chi connectivity index (χ4n) is 5.27. The first-order chi connectivity index (χ1) is 15.6. The number of hydrogen-bond acceptors (Lipinski definition) is 4. The van der Waals surface area contributed by atoms with Crippen LogP contribution in [0, 0.1) is 17.6 Å². The smallest absolute Gasteiger partial charge is 0.200 e. The van der Waals surface area contributed by atoms with Gasteiger partial charge in [-0.25, -0.2) is 14.4 Å². The van der Waals surface area contributed by atoms with E-state index in [2.05, 4.69) is 16.9 Å². The van der Waals surface area contributed by atoms with Crippen molar-refractivity contribution >= 4 is 0 Å². The topological polar surface area (TPSA) is 44.2 Å². The lowest BCUT2D eigenvalue weighted by Gasteiger charge is -2.38. The van der Waals surface area contributed by atoms with E-state index < -0.39 is 11.6 Å². The largest absolute Gasteiger partial charge is 0.491 e. The molecule has 1 saturated heterocycles. The summed E-state index contributed by atoms with van der Waals surface area (Å²) in [5.41, 5.74) is 1.65. The predicted octanol–water partition coefficient (Wildman–Crippen LogP) is 6.34. The minimum Gasteiger partial charge on any atom is -0.491 e. The second kappa shape index (κ2) is 10.7. The molecule has 1 aromatic heterocycles. The molecule has 2 heterocycles. The van der Waals surface area contributed by atoms with Gasteiger partial charge in [-0.05, 0) is 80.9 Å². The molecular weight excluding hydrogens is 410 g/mol. The van der Waals surface area contributed by atoms with Crippen molar-refractivity contribution in [3.05, 3.63) is 53.1 Å². The van der Waals surface area contributed by atoms with Gasteiger partial charge in [-0.15, -0.1) is 0 Å². The minimum absolute atomic E-state index is 0.00185. The Morgan fingerprint density at radius 2 is 1.66 bits per heavy atom. The molecule has 0 N–H and O–H groups in total. The summed E-state index contributed by atoms with van der Waals surface area (Å²) in [5, 5.41) is 0. The van der Waals surface area contributed by atoms with E-state index >= 15 is 0 Å². The van der Waals surface area contributed by atoms with Gasteiger partial charge in [-0.2, -0.15) is 4.39 Å². The Morgan fingerprint density at radius 3 is 2.28 bits per heavy atom. The number of rotatable bonds is 7. The van der Waals surface area contributed by atoms with Crippen LogP contribution in [0.1, 0.15) is 87.6 Å². The van der Waals surface area contributed by atoms with Gasteiger partial charge >= 0.3 is 0 Å². The van der Waals surface area contributed by atoms with Gasteiger partial charge in [-0.3, -0.25) is 0 Å². The van der Waals surface area contributed by atoms with Crippen molar-refractivity contribution in [2.75, 3.05) is 13.2 Å². The van der Waals surface area contributed by atoms with Crippen LogP contribution in [0.25, 0.3) is 0 Å². The summed E-state index contributed by atoms with van der Waals surface area (Å²) in [6, 6.07) is 3.26. The Kier molecular flexibility index (Phi) is 7.71. The van der Waals surface area contributed by atoms with Crippen molar-refractivity contribution in [3.63, 3.8) is 0 Å². The number of aromatic nitrogens is 2. The number of benzene rings is 1. The van der Waals surface area contributed by atoms with E-state index in [-0.39, 0.29) is 17.8 Å². The molecule has 2 unspecified atom stereocenters. The Labute approximate surface area is 189 Å². The zero-order chi connectivity index (χ0) is 22.5. The number of ether oxygens (including phenoxy) is 2. The van der Waals surface area contributed by atoms with Gasteiger partial charge in [0.25, 0.3) is 0 Å². The van der Waals surface area contributed by atoms with E-state index in [1.54, 1.807) is 19.1 Å². The highest BCUT2D eigenvalue weighted by Gasteiger charge is 2.33. The zero-order valence-corrected chi connectivity index (χ0v) is 19.2. The molecule has 4 rings (SSSR count). The van der Waals surface area contributed by atoms with E-state index in [1.807, 2.05) is 12.4 Å². The monoisotopic (exact) mass is 444 g/mol. The molecule has 2 aromatic rings. The highest BCUT2D eigenvalue weighted by atomic mass is 19.2.